The molecule has 1 saturated heterocycles. The van der Waals surface area contributed by atoms with Crippen LogP contribution in [0.15, 0.2) is 24.3 Å². The van der Waals surface area contributed by atoms with Crippen LogP contribution in [0.5, 0.6) is 0 Å². The lowest BCUT2D eigenvalue weighted by Crippen LogP contribution is -2.24. The summed E-state index contributed by atoms with van der Waals surface area (Å²) in [6.07, 6.45) is 3.91. The Morgan fingerprint density at radius 2 is 2.21 bits per heavy atom. The Balaban J connectivity index is 1.72. The molecule has 1 heterocycles. The lowest BCUT2D eigenvalue weighted by molar-refractivity contribution is -0.0447. The second-order valence-electron chi connectivity index (χ2n) is 5.10. The van der Waals surface area contributed by atoms with Crippen LogP contribution in [0.25, 0.3) is 0 Å². The molecule has 1 aromatic rings. The fraction of sp³-hybridized carbons (Fsp3) is 0.625. The van der Waals surface area contributed by atoms with Crippen LogP contribution in [0.2, 0.25) is 0 Å². The van der Waals surface area contributed by atoms with Gasteiger partial charge in [0, 0.05) is 13.2 Å². The monoisotopic (exact) mass is 263 g/mol. The molecule has 0 radical (unpaired) electrons. The fourth-order valence-electron chi connectivity index (χ4n) is 2.35. The van der Waals surface area contributed by atoms with Gasteiger partial charge in [0.2, 0.25) is 0 Å². The molecule has 3 nitrogen and oxygen atoms in total. The normalized spacial score (nSPS) is 19.5. The van der Waals surface area contributed by atoms with Crippen molar-refractivity contribution in [1.82, 2.24) is 5.32 Å². The molecule has 1 aliphatic rings. The minimum absolute atomic E-state index is 0.304. The predicted octanol–water partition coefficient (Wildman–Crippen LogP) is 2.88. The van der Waals surface area contributed by atoms with Crippen molar-refractivity contribution < 1.29 is 9.47 Å². The van der Waals surface area contributed by atoms with Gasteiger partial charge < -0.3 is 14.8 Å². The maximum Gasteiger partial charge on any atom is 0.0808 e. The zero-order chi connectivity index (χ0) is 13.3. The minimum Gasteiger partial charge on any atom is -0.376 e. The summed E-state index contributed by atoms with van der Waals surface area (Å²) in [5.74, 6) is 0. The molecule has 1 aliphatic heterocycles. The van der Waals surface area contributed by atoms with E-state index >= 15 is 0 Å². The van der Waals surface area contributed by atoms with Gasteiger partial charge in [-0.2, -0.15) is 0 Å². The highest BCUT2D eigenvalue weighted by Gasteiger charge is 2.13. The maximum absolute atomic E-state index is 5.77. The minimum atomic E-state index is 0.304. The molecule has 106 valence electrons. The van der Waals surface area contributed by atoms with Crippen molar-refractivity contribution in [1.29, 1.82) is 0 Å². The molecule has 0 aromatic heterocycles. The molecular formula is C16H25NO2. The number of rotatable bonds is 7. The van der Waals surface area contributed by atoms with Gasteiger partial charge in [0.1, 0.15) is 0 Å². The van der Waals surface area contributed by atoms with Crippen LogP contribution in [-0.4, -0.2) is 25.9 Å². The summed E-state index contributed by atoms with van der Waals surface area (Å²) in [4.78, 5) is 0. The third-order valence-corrected chi connectivity index (χ3v) is 3.42. The third-order valence-electron chi connectivity index (χ3n) is 3.42. The number of benzene rings is 1. The van der Waals surface area contributed by atoms with E-state index in [-0.39, 0.29) is 0 Å². The van der Waals surface area contributed by atoms with Crippen molar-refractivity contribution in [2.45, 2.75) is 45.4 Å². The average Bonchev–Trinajstić information content (AvgIpc) is 2.47. The van der Waals surface area contributed by atoms with Crippen LogP contribution < -0.4 is 5.32 Å². The van der Waals surface area contributed by atoms with Crippen molar-refractivity contribution >= 4 is 0 Å². The highest BCUT2D eigenvalue weighted by Crippen LogP contribution is 2.14. The molecule has 0 amide bonds. The first-order chi connectivity index (χ1) is 9.38. The Bertz CT molecular complexity index is 362. The Morgan fingerprint density at radius 3 is 3.00 bits per heavy atom. The summed E-state index contributed by atoms with van der Waals surface area (Å²) in [5.41, 5.74) is 2.56. The highest BCUT2D eigenvalue weighted by molar-refractivity contribution is 5.22. The van der Waals surface area contributed by atoms with Gasteiger partial charge in [-0.15, -0.1) is 0 Å². The SMILES string of the molecule is CCNCc1cccc(COCC2CCCCO2)c1. The predicted molar refractivity (Wildman–Crippen MR) is 77.1 cm³/mol. The standard InChI is InChI=1S/C16H25NO2/c1-2-17-11-14-6-5-7-15(10-14)12-18-13-16-8-3-4-9-19-16/h5-7,10,16-17H,2-4,8-9,11-13H2,1H3. The highest BCUT2D eigenvalue weighted by atomic mass is 16.5. The molecule has 0 aliphatic carbocycles. The van der Waals surface area contributed by atoms with E-state index < -0.39 is 0 Å². The first-order valence-electron chi connectivity index (χ1n) is 7.36. The number of nitrogens with one attached hydrogen (secondary N) is 1. The van der Waals surface area contributed by atoms with E-state index in [9.17, 15) is 0 Å². The molecule has 3 heteroatoms. The second-order valence-corrected chi connectivity index (χ2v) is 5.10. The van der Waals surface area contributed by atoms with Crippen LogP contribution >= 0.6 is 0 Å². The van der Waals surface area contributed by atoms with Gasteiger partial charge in [-0.25, -0.2) is 0 Å². The smallest absolute Gasteiger partial charge is 0.0808 e. The third kappa shape index (κ3) is 5.31. The van der Waals surface area contributed by atoms with Gasteiger partial charge in [-0.1, -0.05) is 31.2 Å². The first-order valence-corrected chi connectivity index (χ1v) is 7.36. The lowest BCUT2D eigenvalue weighted by atomic mass is 10.1. The molecule has 0 bridgehead atoms. The summed E-state index contributed by atoms with van der Waals surface area (Å²) in [6.45, 7) is 6.34. The molecule has 1 N–H and O–H groups in total. The fourth-order valence-corrected chi connectivity index (χ4v) is 2.35. The van der Waals surface area contributed by atoms with Crippen molar-refractivity contribution in [3.05, 3.63) is 35.4 Å². The average molecular weight is 263 g/mol. The van der Waals surface area contributed by atoms with E-state index in [0.717, 1.165) is 32.7 Å². The van der Waals surface area contributed by atoms with E-state index in [0.29, 0.717) is 12.7 Å². The van der Waals surface area contributed by atoms with E-state index in [1.165, 1.54) is 24.0 Å². The molecule has 19 heavy (non-hydrogen) atoms. The van der Waals surface area contributed by atoms with Gasteiger partial charge >= 0.3 is 0 Å². The summed E-state index contributed by atoms with van der Waals surface area (Å²) >= 11 is 0. The molecule has 1 fully saturated rings. The van der Waals surface area contributed by atoms with Crippen molar-refractivity contribution in [3.8, 4) is 0 Å². The van der Waals surface area contributed by atoms with Crippen LogP contribution in [0.1, 0.15) is 37.3 Å². The Morgan fingerprint density at radius 1 is 1.32 bits per heavy atom. The number of hydrogen-bond donors (Lipinski definition) is 1. The molecule has 0 spiro atoms. The summed E-state index contributed by atoms with van der Waals surface area (Å²) in [5, 5.41) is 3.34. The molecule has 1 aromatic carbocycles. The summed E-state index contributed by atoms with van der Waals surface area (Å²) < 4.78 is 11.4. The molecule has 1 atom stereocenters. The van der Waals surface area contributed by atoms with Crippen LogP contribution in [0, 0.1) is 0 Å². The van der Waals surface area contributed by atoms with Crippen molar-refractivity contribution in [2.24, 2.45) is 0 Å². The lowest BCUT2D eigenvalue weighted by Gasteiger charge is -2.22. The van der Waals surface area contributed by atoms with E-state index in [1.807, 2.05) is 0 Å². The van der Waals surface area contributed by atoms with Gasteiger partial charge in [0.25, 0.3) is 0 Å². The Kier molecular flexibility index (Phi) is 6.34. The van der Waals surface area contributed by atoms with E-state index in [2.05, 4.69) is 36.5 Å². The topological polar surface area (TPSA) is 30.5 Å². The summed E-state index contributed by atoms with van der Waals surface area (Å²) in [7, 11) is 0. The van der Waals surface area contributed by atoms with Crippen LogP contribution in [-0.2, 0) is 22.6 Å². The Hall–Kier alpha value is -0.900. The van der Waals surface area contributed by atoms with Gasteiger partial charge in [0.15, 0.2) is 0 Å². The molecule has 1 unspecified atom stereocenters. The van der Waals surface area contributed by atoms with Gasteiger partial charge in [-0.3, -0.25) is 0 Å². The van der Waals surface area contributed by atoms with Gasteiger partial charge in [0.05, 0.1) is 19.3 Å². The molecule has 2 rings (SSSR count). The zero-order valence-electron chi connectivity index (χ0n) is 11.9. The number of ether oxygens (including phenoxy) is 2. The summed E-state index contributed by atoms with van der Waals surface area (Å²) in [6, 6.07) is 8.58. The van der Waals surface area contributed by atoms with Crippen molar-refractivity contribution in [3.63, 3.8) is 0 Å². The van der Waals surface area contributed by atoms with E-state index in [1.54, 1.807) is 0 Å². The van der Waals surface area contributed by atoms with Crippen LogP contribution in [0.4, 0.5) is 0 Å². The molecule has 0 saturated carbocycles. The van der Waals surface area contributed by atoms with E-state index in [4.69, 9.17) is 9.47 Å². The first kappa shape index (κ1) is 14.5. The molecular weight excluding hydrogens is 238 g/mol. The van der Waals surface area contributed by atoms with Gasteiger partial charge in [-0.05, 0) is 36.9 Å². The second kappa shape index (κ2) is 8.31. The quantitative estimate of drug-likeness (QED) is 0.820. The van der Waals surface area contributed by atoms with Crippen LogP contribution in [0.3, 0.4) is 0 Å². The Labute approximate surface area is 116 Å². The largest absolute Gasteiger partial charge is 0.376 e. The maximum atomic E-state index is 5.77. The van der Waals surface area contributed by atoms with Crippen molar-refractivity contribution in [2.75, 3.05) is 19.8 Å². The zero-order valence-corrected chi connectivity index (χ0v) is 11.9. The number of hydrogen-bond acceptors (Lipinski definition) is 3.